The van der Waals surface area contributed by atoms with Crippen LogP contribution in [0.4, 0.5) is 0 Å². The van der Waals surface area contributed by atoms with Gasteiger partial charge in [-0.05, 0) is 16.8 Å². The number of carboxylic acid groups (broad SMARTS) is 1. The first kappa shape index (κ1) is 12.9. The first-order chi connectivity index (χ1) is 8.68. The number of hydrogen-bond acceptors (Lipinski definition) is 6. The molecule has 1 aromatic heterocycles. The van der Waals surface area contributed by atoms with Gasteiger partial charge in [0.05, 0.1) is 25.7 Å². The molecule has 2 unspecified atom stereocenters. The Bertz CT molecular complexity index is 402. The highest BCUT2D eigenvalue weighted by Crippen LogP contribution is 2.18. The maximum absolute atomic E-state index is 10.7. The Balaban J connectivity index is 1.96. The Morgan fingerprint density at radius 3 is 3.11 bits per heavy atom. The van der Waals surface area contributed by atoms with Gasteiger partial charge < -0.3 is 14.6 Å². The van der Waals surface area contributed by atoms with Gasteiger partial charge in [0.1, 0.15) is 6.10 Å². The summed E-state index contributed by atoms with van der Waals surface area (Å²) in [5.74, 6) is -0.653. The molecule has 1 saturated heterocycles. The van der Waals surface area contributed by atoms with Gasteiger partial charge in [0.25, 0.3) is 0 Å². The lowest BCUT2D eigenvalue weighted by molar-refractivity contribution is -0.141. The van der Waals surface area contributed by atoms with Crippen LogP contribution >= 0.6 is 0 Å². The molecule has 1 aliphatic rings. The number of hydrogen-bond donors (Lipinski definition) is 1. The SMILES string of the molecule is CC(CCn1nnnc1C1COCCO1)C(=O)O. The minimum atomic E-state index is -0.818. The molecule has 0 spiro atoms. The number of rotatable bonds is 5. The second-order valence-electron chi connectivity index (χ2n) is 4.22. The molecule has 1 N–H and O–H groups in total. The maximum Gasteiger partial charge on any atom is 0.306 e. The van der Waals surface area contributed by atoms with Crippen LogP contribution < -0.4 is 0 Å². The van der Waals surface area contributed by atoms with Gasteiger partial charge in [-0.1, -0.05) is 6.92 Å². The molecule has 1 aliphatic heterocycles. The van der Waals surface area contributed by atoms with Gasteiger partial charge in [0.15, 0.2) is 5.82 Å². The van der Waals surface area contributed by atoms with Crippen molar-refractivity contribution in [2.45, 2.75) is 26.0 Å². The molecule has 18 heavy (non-hydrogen) atoms. The molecule has 8 nitrogen and oxygen atoms in total. The third-order valence-corrected chi connectivity index (χ3v) is 2.86. The van der Waals surface area contributed by atoms with Crippen molar-refractivity contribution in [3.05, 3.63) is 5.82 Å². The highest BCUT2D eigenvalue weighted by atomic mass is 16.6. The summed E-state index contributed by atoms with van der Waals surface area (Å²) in [4.78, 5) is 10.7. The van der Waals surface area contributed by atoms with Gasteiger partial charge in [0, 0.05) is 6.54 Å². The van der Waals surface area contributed by atoms with E-state index >= 15 is 0 Å². The van der Waals surface area contributed by atoms with Gasteiger partial charge in [0.2, 0.25) is 0 Å². The van der Waals surface area contributed by atoms with Gasteiger partial charge in [-0.3, -0.25) is 4.79 Å². The standard InChI is InChI=1S/C10H16N4O4/c1-7(10(15)16)2-3-14-9(11-12-13-14)8-6-17-4-5-18-8/h7-8H,2-6H2,1H3,(H,15,16). The van der Waals surface area contributed by atoms with Crippen LogP contribution in [-0.4, -0.2) is 51.1 Å². The fourth-order valence-electron chi connectivity index (χ4n) is 1.68. The number of carboxylic acids is 1. The predicted octanol–water partition coefficient (Wildman–Crippen LogP) is -0.128. The van der Waals surface area contributed by atoms with E-state index in [0.29, 0.717) is 38.6 Å². The van der Waals surface area contributed by atoms with Crippen molar-refractivity contribution in [2.75, 3.05) is 19.8 Å². The van der Waals surface area contributed by atoms with Gasteiger partial charge in [-0.2, -0.15) is 0 Å². The summed E-state index contributed by atoms with van der Waals surface area (Å²) in [5.41, 5.74) is 0. The number of tetrazole rings is 1. The summed E-state index contributed by atoms with van der Waals surface area (Å²) in [6.45, 7) is 3.63. The van der Waals surface area contributed by atoms with Crippen LogP contribution in [0, 0.1) is 5.92 Å². The van der Waals surface area contributed by atoms with E-state index in [2.05, 4.69) is 15.5 Å². The molecule has 8 heteroatoms. The van der Waals surface area contributed by atoms with Crippen molar-refractivity contribution < 1.29 is 19.4 Å². The Morgan fingerprint density at radius 1 is 1.61 bits per heavy atom. The number of nitrogens with zero attached hydrogens (tertiary/aromatic N) is 4. The second-order valence-corrected chi connectivity index (χ2v) is 4.22. The molecule has 0 radical (unpaired) electrons. The Kier molecular flexibility index (Phi) is 4.21. The number of aliphatic carboxylic acids is 1. The van der Waals surface area contributed by atoms with Crippen LogP contribution in [0.25, 0.3) is 0 Å². The number of ether oxygens (including phenoxy) is 2. The number of carbonyl (C=O) groups is 1. The molecule has 0 amide bonds. The van der Waals surface area contributed by atoms with E-state index in [-0.39, 0.29) is 6.10 Å². The lowest BCUT2D eigenvalue weighted by atomic mass is 10.1. The molecule has 1 fully saturated rings. The molecule has 2 heterocycles. The van der Waals surface area contributed by atoms with Crippen LogP contribution in [-0.2, 0) is 20.8 Å². The predicted molar refractivity (Wildman–Crippen MR) is 58.7 cm³/mol. The summed E-state index contributed by atoms with van der Waals surface area (Å²) in [5, 5.41) is 20.2. The second kappa shape index (κ2) is 5.87. The largest absolute Gasteiger partial charge is 0.481 e. The molecule has 100 valence electrons. The van der Waals surface area contributed by atoms with Gasteiger partial charge in [-0.15, -0.1) is 5.10 Å². The molecule has 1 aromatic rings. The molecular weight excluding hydrogens is 240 g/mol. The van der Waals surface area contributed by atoms with E-state index in [1.807, 2.05) is 0 Å². The third kappa shape index (κ3) is 3.02. The van der Waals surface area contributed by atoms with E-state index in [4.69, 9.17) is 14.6 Å². The molecule has 0 saturated carbocycles. The van der Waals surface area contributed by atoms with Crippen LogP contribution in [0.2, 0.25) is 0 Å². The Labute approximate surface area is 104 Å². The van der Waals surface area contributed by atoms with Gasteiger partial charge in [-0.25, -0.2) is 4.68 Å². The minimum absolute atomic E-state index is 0.270. The Hall–Kier alpha value is -1.54. The van der Waals surface area contributed by atoms with Crippen molar-refractivity contribution in [2.24, 2.45) is 5.92 Å². The minimum Gasteiger partial charge on any atom is -0.481 e. The van der Waals surface area contributed by atoms with Crippen molar-refractivity contribution in [1.29, 1.82) is 0 Å². The van der Waals surface area contributed by atoms with Crippen molar-refractivity contribution in [1.82, 2.24) is 20.2 Å². The quantitative estimate of drug-likeness (QED) is 0.783. The van der Waals surface area contributed by atoms with E-state index < -0.39 is 11.9 Å². The number of aryl methyl sites for hydroxylation is 1. The highest BCUT2D eigenvalue weighted by Gasteiger charge is 2.23. The average molecular weight is 256 g/mol. The van der Waals surface area contributed by atoms with E-state index in [1.165, 1.54) is 0 Å². The average Bonchev–Trinajstić information content (AvgIpc) is 2.85. The Morgan fingerprint density at radius 2 is 2.44 bits per heavy atom. The summed E-state index contributed by atoms with van der Waals surface area (Å²) in [6, 6.07) is 0. The fourth-order valence-corrected chi connectivity index (χ4v) is 1.68. The molecule has 0 aliphatic carbocycles. The zero-order valence-electron chi connectivity index (χ0n) is 10.2. The highest BCUT2D eigenvalue weighted by molar-refractivity contribution is 5.69. The van der Waals surface area contributed by atoms with Crippen LogP contribution in [0.3, 0.4) is 0 Å². The normalized spacial score (nSPS) is 21.7. The molecule has 0 bridgehead atoms. The fraction of sp³-hybridized carbons (Fsp3) is 0.800. The van der Waals surface area contributed by atoms with Crippen molar-refractivity contribution in [3.8, 4) is 0 Å². The molecule has 2 rings (SSSR count). The van der Waals surface area contributed by atoms with Crippen LogP contribution in [0.1, 0.15) is 25.3 Å². The lowest BCUT2D eigenvalue weighted by Crippen LogP contribution is -2.25. The van der Waals surface area contributed by atoms with Crippen molar-refractivity contribution in [3.63, 3.8) is 0 Å². The zero-order valence-corrected chi connectivity index (χ0v) is 10.2. The topological polar surface area (TPSA) is 99.4 Å². The number of aromatic nitrogens is 4. The van der Waals surface area contributed by atoms with Crippen LogP contribution in [0.5, 0.6) is 0 Å². The summed E-state index contributed by atoms with van der Waals surface area (Å²) < 4.78 is 12.4. The first-order valence-electron chi connectivity index (χ1n) is 5.86. The molecule has 0 aromatic carbocycles. The van der Waals surface area contributed by atoms with Crippen LogP contribution in [0.15, 0.2) is 0 Å². The van der Waals surface area contributed by atoms with Gasteiger partial charge >= 0.3 is 5.97 Å². The first-order valence-corrected chi connectivity index (χ1v) is 5.86. The van der Waals surface area contributed by atoms with E-state index in [1.54, 1.807) is 11.6 Å². The van der Waals surface area contributed by atoms with E-state index in [9.17, 15) is 4.79 Å². The molecular formula is C10H16N4O4. The zero-order chi connectivity index (χ0) is 13.0. The monoisotopic (exact) mass is 256 g/mol. The van der Waals surface area contributed by atoms with Crippen molar-refractivity contribution >= 4 is 5.97 Å². The summed E-state index contributed by atoms with van der Waals surface area (Å²) >= 11 is 0. The van der Waals surface area contributed by atoms with E-state index in [0.717, 1.165) is 0 Å². The lowest BCUT2D eigenvalue weighted by Gasteiger charge is -2.22. The summed E-state index contributed by atoms with van der Waals surface area (Å²) in [7, 11) is 0. The summed E-state index contributed by atoms with van der Waals surface area (Å²) in [6.07, 6.45) is 0.204. The maximum atomic E-state index is 10.7. The smallest absolute Gasteiger partial charge is 0.306 e. The molecule has 2 atom stereocenters. The third-order valence-electron chi connectivity index (χ3n) is 2.86.